The molecule has 102 heavy (non-hydrogen) atoms. The molecule has 3 fully saturated rings. The second-order valence-electron chi connectivity index (χ2n) is 25.8. The van der Waals surface area contributed by atoms with Crippen molar-refractivity contribution in [2.24, 2.45) is 29.6 Å². The summed E-state index contributed by atoms with van der Waals surface area (Å²) in [6.45, 7) is 22.9. The van der Waals surface area contributed by atoms with Crippen LogP contribution in [0.5, 0.6) is 5.75 Å². The molecule has 30 nitrogen and oxygen atoms in total. The number of hydrogen-bond acceptors (Lipinski definition) is 25. The van der Waals surface area contributed by atoms with Crippen LogP contribution in [-0.4, -0.2) is 263 Å². The number of nitrogens with zero attached hydrogens (tertiary/aromatic N) is 1. The molecule has 6 N–H and O–H groups in total. The molecule has 2 aromatic rings. The quantitative estimate of drug-likeness (QED) is 0.0314. The van der Waals surface area contributed by atoms with E-state index < -0.39 is 78.9 Å². The molecule has 3 saturated heterocycles. The van der Waals surface area contributed by atoms with Gasteiger partial charge in [0.25, 0.3) is 0 Å². The average Bonchev–Trinajstić information content (AvgIpc) is 0.793. The average molecular weight is 1450 g/mol. The summed E-state index contributed by atoms with van der Waals surface area (Å²) in [7, 11) is 0. The maximum Gasteiger partial charge on any atom is 0.302 e. The summed E-state index contributed by atoms with van der Waals surface area (Å²) in [6, 6.07) is 11.7. The minimum absolute atomic E-state index is 0.0632. The Hall–Kier alpha value is -6.52. The van der Waals surface area contributed by atoms with E-state index in [1.165, 1.54) is 39.5 Å². The van der Waals surface area contributed by atoms with Gasteiger partial charge in [0, 0.05) is 72.0 Å². The van der Waals surface area contributed by atoms with Crippen LogP contribution in [-0.2, 0) is 116 Å². The molecule has 2 aromatic carbocycles. The van der Waals surface area contributed by atoms with E-state index in [-0.39, 0.29) is 216 Å². The summed E-state index contributed by atoms with van der Waals surface area (Å²) >= 11 is 0. The Kier molecular flexibility index (Phi) is 39.7. The van der Waals surface area contributed by atoms with Crippen LogP contribution in [0.15, 0.2) is 48.5 Å². The first kappa shape index (κ1) is 86.1. The lowest BCUT2D eigenvalue weighted by molar-refractivity contribution is -0.258. The first-order valence-electron chi connectivity index (χ1n) is 35.6. The van der Waals surface area contributed by atoms with Gasteiger partial charge in [-0.3, -0.25) is 43.3 Å². The second-order valence-corrected chi connectivity index (χ2v) is 25.8. The Morgan fingerprint density at radius 1 is 0.451 bits per heavy atom. The Morgan fingerprint density at radius 2 is 0.833 bits per heavy atom. The molecule has 5 rings (SSSR count). The van der Waals surface area contributed by atoms with Gasteiger partial charge in [0.1, 0.15) is 36.6 Å². The van der Waals surface area contributed by atoms with E-state index in [0.29, 0.717) is 12.8 Å². The summed E-state index contributed by atoms with van der Waals surface area (Å²) in [5, 5.41) is 24.2. The molecule has 3 aliphatic heterocycles. The topological polar surface area (TPSA) is 359 Å². The number of ether oxygens (including phenoxy) is 15. The van der Waals surface area contributed by atoms with Gasteiger partial charge in [0.05, 0.1) is 137 Å². The van der Waals surface area contributed by atoms with Gasteiger partial charge in [0.15, 0.2) is 18.9 Å². The van der Waals surface area contributed by atoms with E-state index in [0.717, 1.165) is 16.7 Å². The lowest BCUT2D eigenvalue weighted by atomic mass is 9.79. The predicted molar refractivity (Wildman–Crippen MR) is 370 cm³/mol. The Morgan fingerprint density at radius 3 is 1.24 bits per heavy atom. The summed E-state index contributed by atoms with van der Waals surface area (Å²) in [4.78, 5) is 104. The van der Waals surface area contributed by atoms with E-state index in [1.807, 2.05) is 52.0 Å². The number of hydrogen-bond donors (Lipinski definition) is 6. The van der Waals surface area contributed by atoms with Crippen LogP contribution in [0.2, 0.25) is 0 Å². The van der Waals surface area contributed by atoms with E-state index in [2.05, 4.69) is 47.4 Å². The van der Waals surface area contributed by atoms with Gasteiger partial charge in [0.2, 0.25) is 29.5 Å². The van der Waals surface area contributed by atoms with Crippen LogP contribution in [0.3, 0.4) is 0 Å². The first-order valence-corrected chi connectivity index (χ1v) is 35.6. The van der Waals surface area contributed by atoms with Crippen LogP contribution in [0.1, 0.15) is 101 Å². The van der Waals surface area contributed by atoms with E-state index in [1.54, 1.807) is 24.3 Å². The fourth-order valence-corrected chi connectivity index (χ4v) is 12.3. The maximum atomic E-state index is 14.5. The van der Waals surface area contributed by atoms with Crippen LogP contribution in [0, 0.1) is 29.6 Å². The molecule has 0 bridgehead atoms. The van der Waals surface area contributed by atoms with Gasteiger partial charge in [-0.25, -0.2) is 0 Å². The predicted octanol–water partition coefficient (Wildman–Crippen LogP) is 3.38. The van der Waals surface area contributed by atoms with Crippen molar-refractivity contribution in [3.63, 3.8) is 0 Å². The number of amides is 5. The standard InChI is InChI=1S/C72H114N6O24/c1-13-60-48(6)67(98-53(11)82)65(76-50(8)79)71(100-60)95-39-36-92-33-30-89-27-24-74-64(86)43-78(42-63(85)73-23-26-88-29-32-91-35-38-94-70-47(5)45(3)46(4)62(102-70)44-97-52(10)81)59(41-55-15-17-56(18-16-55)57-19-21-58(84)22-20-57)69(87)75-25-28-90-31-34-93-37-40-96-72-66(77-51(9)80)68(99-54(12)83)49(7)61(14-2)101-72/h15-22,45-49,59-62,65-68,70-72,84H,13-14,23-44H2,1-12H3,(H,73,85)(H,74,86)(H,75,87)(H,76,79)(H,77,80)/t45-,46+,47+,48-,49-,59?,60+,61+,62+,65+,66+,67-,68-,70+,71+,72+/m0/s1. The van der Waals surface area contributed by atoms with Gasteiger partial charge in [-0.05, 0) is 59.9 Å². The summed E-state index contributed by atoms with van der Waals surface area (Å²) in [5.41, 5.74) is 2.44. The number of esters is 3. The maximum absolute atomic E-state index is 14.5. The molecule has 0 aliphatic carbocycles. The van der Waals surface area contributed by atoms with Crippen LogP contribution >= 0.6 is 0 Å². The number of phenolic OH excluding ortho intramolecular Hbond substituents is 1. The number of nitrogens with one attached hydrogen (secondary N) is 5. The summed E-state index contributed by atoms with van der Waals surface area (Å²) in [6.07, 6.45) is -3.13. The number of carbonyl (C=O) groups is 8. The second kappa shape index (κ2) is 47.0. The summed E-state index contributed by atoms with van der Waals surface area (Å²) in [5.74, 6) is -3.19. The molecule has 1 unspecified atom stereocenters. The first-order chi connectivity index (χ1) is 48.9. The third-order valence-electron chi connectivity index (χ3n) is 18.1. The highest BCUT2D eigenvalue weighted by atomic mass is 16.7. The monoisotopic (exact) mass is 1450 g/mol. The zero-order chi connectivity index (χ0) is 74.5. The number of rotatable bonds is 47. The molecular formula is C72H114N6O24. The highest BCUT2D eigenvalue weighted by molar-refractivity contribution is 5.86. The van der Waals surface area contributed by atoms with Crippen molar-refractivity contribution in [3.8, 4) is 16.9 Å². The zero-order valence-corrected chi connectivity index (χ0v) is 61.6. The fraction of sp³-hybridized carbons (Fsp3) is 0.722. The molecular weight excluding hydrogens is 1330 g/mol. The zero-order valence-electron chi connectivity index (χ0n) is 61.6. The van der Waals surface area contributed by atoms with Crippen molar-refractivity contribution in [3.05, 3.63) is 54.1 Å². The molecule has 0 saturated carbocycles. The van der Waals surface area contributed by atoms with E-state index in [9.17, 15) is 43.5 Å². The fourth-order valence-electron chi connectivity index (χ4n) is 12.3. The van der Waals surface area contributed by atoms with Crippen LogP contribution in [0.4, 0.5) is 0 Å². The Labute approximate surface area is 600 Å². The number of aromatic hydroxyl groups is 1. The number of carbonyl (C=O) groups excluding carboxylic acids is 8. The third kappa shape index (κ3) is 30.7. The molecule has 0 spiro atoms. The van der Waals surface area contributed by atoms with Crippen molar-refractivity contribution in [1.29, 1.82) is 0 Å². The highest BCUT2D eigenvalue weighted by Crippen LogP contribution is 2.36. The van der Waals surface area contributed by atoms with Crippen molar-refractivity contribution in [1.82, 2.24) is 31.5 Å². The van der Waals surface area contributed by atoms with Crippen molar-refractivity contribution < 1.29 is 115 Å². The SMILES string of the molecule is CC[C@H]1O[C@@H](OCCOCCOCCNC(=O)CN(CC(=O)NCCOCCOCCO[C@@H]2O[C@H](COC(C)=O)[C@H](C)[C@H](C)[C@H]2C)C(Cc2ccc(-c3ccc(O)cc3)cc2)C(=O)NCCOCCOCCO[C@@H]2O[C@H](CC)[C@H](C)[C@H](OC(C)=O)[C@H]2NC(C)=O)[C@H](NC(C)=O)[C@@H](OC(C)=O)[C@H]1C. The molecule has 3 heterocycles. The van der Waals surface area contributed by atoms with Gasteiger partial charge in [-0.15, -0.1) is 0 Å². The van der Waals surface area contributed by atoms with Gasteiger partial charge in [-0.1, -0.05) is 84.9 Å². The molecule has 0 radical (unpaired) electrons. The Balaban J connectivity index is 1.16. The summed E-state index contributed by atoms with van der Waals surface area (Å²) < 4.78 is 87.7. The van der Waals surface area contributed by atoms with E-state index >= 15 is 0 Å². The van der Waals surface area contributed by atoms with Crippen molar-refractivity contribution in [2.75, 3.05) is 138 Å². The minimum Gasteiger partial charge on any atom is -0.508 e. The Bertz CT molecular complexity index is 2830. The van der Waals surface area contributed by atoms with E-state index in [4.69, 9.17) is 71.1 Å². The van der Waals surface area contributed by atoms with Gasteiger partial charge < -0.3 is 103 Å². The number of benzene rings is 2. The molecule has 0 aromatic heterocycles. The highest BCUT2D eigenvalue weighted by Gasteiger charge is 2.48. The third-order valence-corrected chi connectivity index (χ3v) is 18.1. The lowest BCUT2D eigenvalue weighted by Gasteiger charge is -2.44. The molecule has 576 valence electrons. The van der Waals surface area contributed by atoms with Gasteiger partial charge in [-0.2, -0.15) is 0 Å². The van der Waals surface area contributed by atoms with Gasteiger partial charge >= 0.3 is 17.9 Å². The van der Waals surface area contributed by atoms with Crippen molar-refractivity contribution in [2.45, 2.75) is 170 Å². The minimum atomic E-state index is -1.06. The van der Waals surface area contributed by atoms with Crippen LogP contribution in [0.25, 0.3) is 11.1 Å². The van der Waals surface area contributed by atoms with Crippen LogP contribution < -0.4 is 26.6 Å². The normalized spacial score (nSPS) is 25.2. The molecule has 16 atom stereocenters. The molecule has 30 heteroatoms. The smallest absolute Gasteiger partial charge is 0.302 e. The number of phenols is 1. The largest absolute Gasteiger partial charge is 0.508 e. The lowest BCUT2D eigenvalue weighted by Crippen LogP contribution is -2.62. The molecule has 3 aliphatic rings. The van der Waals surface area contributed by atoms with Crippen molar-refractivity contribution >= 4 is 47.4 Å². The molecule has 5 amide bonds.